The molecule has 3 aromatic rings. The van der Waals surface area contributed by atoms with Gasteiger partial charge in [-0.15, -0.1) is 11.3 Å². The van der Waals surface area contributed by atoms with Crippen molar-refractivity contribution in [3.63, 3.8) is 0 Å². The summed E-state index contributed by atoms with van der Waals surface area (Å²) in [6.45, 7) is 2.59. The molecule has 0 fully saturated rings. The van der Waals surface area contributed by atoms with Crippen molar-refractivity contribution in [1.82, 2.24) is 15.3 Å². The molecule has 4 rings (SSSR count). The van der Waals surface area contributed by atoms with Crippen LogP contribution in [-0.4, -0.2) is 28.2 Å². The maximum atomic E-state index is 12.3. The highest BCUT2D eigenvalue weighted by Gasteiger charge is 2.21. The Morgan fingerprint density at radius 1 is 1.19 bits per heavy atom. The number of carbonyl (C=O) groups is 1. The molecule has 2 aromatic heterocycles. The third kappa shape index (κ3) is 4.33. The number of thiophene rings is 1. The van der Waals surface area contributed by atoms with Crippen molar-refractivity contribution in [3.05, 3.63) is 52.2 Å². The summed E-state index contributed by atoms with van der Waals surface area (Å²) in [5.74, 6) is 1.24. The number of amides is 1. The topological polar surface area (TPSA) is 54.9 Å². The molecule has 1 N–H and O–H groups in total. The quantitative estimate of drug-likeness (QED) is 0.497. The predicted molar refractivity (Wildman–Crippen MR) is 113 cm³/mol. The zero-order valence-electron chi connectivity index (χ0n) is 15.5. The number of fused-ring (bicyclic) bond motifs is 3. The Morgan fingerprint density at radius 3 is 2.85 bits per heavy atom. The zero-order valence-corrected chi connectivity index (χ0v) is 17.1. The number of nitrogens with one attached hydrogen (secondary N) is 1. The molecule has 6 heteroatoms. The van der Waals surface area contributed by atoms with Gasteiger partial charge in [0, 0.05) is 16.8 Å². The van der Waals surface area contributed by atoms with Crippen LogP contribution in [0, 0.1) is 6.92 Å². The van der Waals surface area contributed by atoms with Gasteiger partial charge in [0.25, 0.3) is 0 Å². The summed E-state index contributed by atoms with van der Waals surface area (Å²) in [6.07, 6.45) is 5.61. The maximum Gasteiger partial charge on any atom is 0.230 e. The normalized spacial score (nSPS) is 13.5. The number of hydrogen-bond acceptors (Lipinski definition) is 5. The lowest BCUT2D eigenvalue weighted by Gasteiger charge is -2.12. The standard InChI is InChI=1S/C21H23N3OS2/c1-14-23-20(19-16-9-5-6-10-17(16)27-21(19)24-14)26-13-18(25)22-12-11-15-7-3-2-4-8-15/h2-4,7-8H,5-6,9-13H2,1H3,(H,22,25). The highest BCUT2D eigenvalue weighted by Crippen LogP contribution is 2.39. The number of hydrogen-bond donors (Lipinski definition) is 1. The van der Waals surface area contributed by atoms with Crippen LogP contribution >= 0.6 is 23.1 Å². The van der Waals surface area contributed by atoms with Crippen LogP contribution in [0.15, 0.2) is 35.4 Å². The summed E-state index contributed by atoms with van der Waals surface area (Å²) >= 11 is 3.35. The van der Waals surface area contributed by atoms with Gasteiger partial charge in [0.2, 0.25) is 5.91 Å². The second-order valence-corrected chi connectivity index (χ2v) is 8.89. The van der Waals surface area contributed by atoms with Crippen molar-refractivity contribution in [1.29, 1.82) is 0 Å². The summed E-state index contributed by atoms with van der Waals surface area (Å²) < 4.78 is 0. The van der Waals surface area contributed by atoms with Gasteiger partial charge in [-0.05, 0) is 50.2 Å². The molecule has 0 aliphatic heterocycles. The molecule has 27 heavy (non-hydrogen) atoms. The Balaban J connectivity index is 1.41. The van der Waals surface area contributed by atoms with Crippen LogP contribution in [0.5, 0.6) is 0 Å². The number of carbonyl (C=O) groups excluding carboxylic acids is 1. The predicted octanol–water partition coefficient (Wildman–Crippen LogP) is 4.33. The molecule has 0 saturated carbocycles. The first-order chi connectivity index (χ1) is 13.2. The van der Waals surface area contributed by atoms with Crippen molar-refractivity contribution in [2.24, 2.45) is 0 Å². The zero-order chi connectivity index (χ0) is 18.6. The average molecular weight is 398 g/mol. The van der Waals surface area contributed by atoms with Crippen molar-refractivity contribution in [2.75, 3.05) is 12.3 Å². The fourth-order valence-corrected chi connectivity index (χ4v) is 5.81. The molecule has 0 atom stereocenters. The van der Waals surface area contributed by atoms with Gasteiger partial charge < -0.3 is 5.32 Å². The van der Waals surface area contributed by atoms with E-state index < -0.39 is 0 Å². The van der Waals surface area contributed by atoms with Crippen LogP contribution in [0.1, 0.15) is 34.7 Å². The summed E-state index contributed by atoms with van der Waals surface area (Å²) in [7, 11) is 0. The van der Waals surface area contributed by atoms with Crippen LogP contribution in [0.25, 0.3) is 10.2 Å². The molecule has 0 spiro atoms. The summed E-state index contributed by atoms with van der Waals surface area (Å²) in [5, 5.41) is 5.18. The Bertz CT molecular complexity index is 953. The van der Waals surface area contributed by atoms with E-state index in [0.29, 0.717) is 12.3 Å². The lowest BCUT2D eigenvalue weighted by molar-refractivity contribution is -0.118. The first kappa shape index (κ1) is 18.4. The van der Waals surface area contributed by atoms with Gasteiger partial charge >= 0.3 is 0 Å². The van der Waals surface area contributed by atoms with Crippen LogP contribution in [0.3, 0.4) is 0 Å². The van der Waals surface area contributed by atoms with Crippen LogP contribution in [-0.2, 0) is 24.1 Å². The van der Waals surface area contributed by atoms with Crippen molar-refractivity contribution in [2.45, 2.75) is 44.1 Å². The summed E-state index contributed by atoms with van der Waals surface area (Å²) in [6, 6.07) is 10.2. The molecule has 0 unspecified atom stereocenters. The van der Waals surface area contributed by atoms with E-state index in [1.165, 1.54) is 46.0 Å². The number of aromatic nitrogens is 2. The Morgan fingerprint density at radius 2 is 2.00 bits per heavy atom. The van der Waals surface area contributed by atoms with Gasteiger partial charge in [-0.2, -0.15) is 0 Å². The second kappa shape index (κ2) is 8.40. The van der Waals surface area contributed by atoms with Crippen LogP contribution in [0.2, 0.25) is 0 Å². The number of thioether (sulfide) groups is 1. The average Bonchev–Trinajstić information content (AvgIpc) is 3.05. The fraction of sp³-hybridized carbons (Fsp3) is 0.381. The number of rotatable bonds is 6. The third-order valence-corrected chi connectivity index (χ3v) is 6.97. The number of benzene rings is 1. The SMILES string of the molecule is Cc1nc(SCC(=O)NCCc2ccccc2)c2c3c(sc2n1)CCCC3. The monoisotopic (exact) mass is 397 g/mol. The molecular formula is C21H23N3OS2. The van der Waals surface area contributed by atoms with Crippen molar-refractivity contribution >= 4 is 39.2 Å². The van der Waals surface area contributed by atoms with E-state index in [2.05, 4.69) is 27.4 Å². The largest absolute Gasteiger partial charge is 0.355 e. The van der Waals surface area contributed by atoms with E-state index in [0.717, 1.165) is 34.9 Å². The molecule has 4 nitrogen and oxygen atoms in total. The van der Waals surface area contributed by atoms with Gasteiger partial charge in [0.05, 0.1) is 5.75 Å². The van der Waals surface area contributed by atoms with Crippen molar-refractivity contribution < 1.29 is 4.79 Å². The molecule has 1 aromatic carbocycles. The van der Waals surface area contributed by atoms with Gasteiger partial charge in [-0.3, -0.25) is 4.79 Å². The van der Waals surface area contributed by atoms with E-state index in [4.69, 9.17) is 0 Å². The van der Waals surface area contributed by atoms with Gasteiger partial charge in [0.1, 0.15) is 15.7 Å². The first-order valence-corrected chi connectivity index (χ1v) is 11.2. The molecule has 0 bridgehead atoms. The maximum absolute atomic E-state index is 12.3. The molecule has 2 heterocycles. The summed E-state index contributed by atoms with van der Waals surface area (Å²) in [4.78, 5) is 24.1. The molecule has 1 amide bonds. The van der Waals surface area contributed by atoms with Gasteiger partial charge in [-0.1, -0.05) is 42.1 Å². The molecule has 0 saturated heterocycles. The lowest BCUT2D eigenvalue weighted by Crippen LogP contribution is -2.27. The second-order valence-electron chi connectivity index (χ2n) is 6.84. The van der Waals surface area contributed by atoms with E-state index in [1.807, 2.05) is 36.5 Å². The highest BCUT2D eigenvalue weighted by molar-refractivity contribution is 8.00. The fourth-order valence-electron chi connectivity index (χ4n) is 3.51. The van der Waals surface area contributed by atoms with E-state index in [1.54, 1.807) is 0 Å². The van der Waals surface area contributed by atoms with E-state index >= 15 is 0 Å². The Hall–Kier alpha value is -1.92. The molecule has 1 aliphatic carbocycles. The van der Waals surface area contributed by atoms with Crippen LogP contribution in [0.4, 0.5) is 0 Å². The minimum absolute atomic E-state index is 0.0597. The lowest BCUT2D eigenvalue weighted by atomic mass is 9.97. The third-order valence-electron chi connectivity index (χ3n) is 4.81. The smallest absolute Gasteiger partial charge is 0.230 e. The number of nitrogens with zero attached hydrogens (tertiary/aromatic N) is 2. The molecule has 0 radical (unpaired) electrons. The van der Waals surface area contributed by atoms with E-state index in [9.17, 15) is 4.79 Å². The number of aryl methyl sites for hydroxylation is 3. The minimum Gasteiger partial charge on any atom is -0.355 e. The van der Waals surface area contributed by atoms with E-state index in [-0.39, 0.29) is 5.91 Å². The van der Waals surface area contributed by atoms with Crippen molar-refractivity contribution in [3.8, 4) is 0 Å². The molecular weight excluding hydrogens is 374 g/mol. The molecule has 1 aliphatic rings. The molecule has 140 valence electrons. The Kier molecular flexibility index (Phi) is 5.74. The minimum atomic E-state index is 0.0597. The van der Waals surface area contributed by atoms with Gasteiger partial charge in [0.15, 0.2) is 0 Å². The highest BCUT2D eigenvalue weighted by atomic mass is 32.2. The Labute approximate surface area is 167 Å². The van der Waals surface area contributed by atoms with Crippen LogP contribution < -0.4 is 5.32 Å². The first-order valence-electron chi connectivity index (χ1n) is 9.43. The summed E-state index contributed by atoms with van der Waals surface area (Å²) in [5.41, 5.74) is 2.66. The van der Waals surface area contributed by atoms with Gasteiger partial charge in [-0.25, -0.2) is 9.97 Å².